The minimum absolute atomic E-state index is 0.402. The van der Waals surface area contributed by atoms with Crippen LogP contribution in [-0.4, -0.2) is 19.3 Å². The van der Waals surface area contributed by atoms with Crippen molar-refractivity contribution >= 4 is 5.69 Å². The quantitative estimate of drug-likeness (QED) is 0.819. The van der Waals surface area contributed by atoms with Gasteiger partial charge in [-0.15, -0.1) is 0 Å². The Labute approximate surface area is 91.6 Å². The maximum absolute atomic E-state index is 5.67. The van der Waals surface area contributed by atoms with Gasteiger partial charge in [-0.2, -0.15) is 0 Å². The molecule has 0 amide bonds. The van der Waals surface area contributed by atoms with E-state index in [1.165, 1.54) is 30.5 Å². The lowest BCUT2D eigenvalue weighted by molar-refractivity contribution is 0.0247. The SMILES string of the molecule is Cc1cccc(NCC2CCCCO2)c1. The maximum Gasteiger partial charge on any atom is 0.0747 e. The fourth-order valence-electron chi connectivity index (χ4n) is 1.96. The van der Waals surface area contributed by atoms with Gasteiger partial charge in [0.25, 0.3) is 0 Å². The third-order valence-electron chi connectivity index (χ3n) is 2.83. The summed E-state index contributed by atoms with van der Waals surface area (Å²) in [6, 6.07) is 8.47. The molecule has 82 valence electrons. The minimum atomic E-state index is 0.402. The highest BCUT2D eigenvalue weighted by atomic mass is 16.5. The van der Waals surface area contributed by atoms with E-state index in [0.29, 0.717) is 6.10 Å². The van der Waals surface area contributed by atoms with Gasteiger partial charge in [-0.3, -0.25) is 0 Å². The van der Waals surface area contributed by atoms with Gasteiger partial charge in [-0.05, 0) is 43.9 Å². The Morgan fingerprint density at radius 2 is 2.33 bits per heavy atom. The molecule has 0 saturated carbocycles. The largest absolute Gasteiger partial charge is 0.382 e. The molecule has 15 heavy (non-hydrogen) atoms. The van der Waals surface area contributed by atoms with Crippen LogP contribution in [0.15, 0.2) is 24.3 Å². The number of benzene rings is 1. The zero-order valence-electron chi connectivity index (χ0n) is 9.33. The standard InChI is InChI=1S/C13H19NO/c1-11-5-4-6-12(9-11)14-10-13-7-2-3-8-15-13/h4-6,9,13-14H,2-3,7-8,10H2,1H3. The van der Waals surface area contributed by atoms with Gasteiger partial charge in [0.15, 0.2) is 0 Å². The van der Waals surface area contributed by atoms with E-state index in [1.54, 1.807) is 0 Å². The van der Waals surface area contributed by atoms with Gasteiger partial charge < -0.3 is 10.1 Å². The van der Waals surface area contributed by atoms with Crippen molar-refractivity contribution in [1.82, 2.24) is 0 Å². The summed E-state index contributed by atoms with van der Waals surface area (Å²) in [6.45, 7) is 3.98. The normalized spacial score (nSPS) is 21.3. The van der Waals surface area contributed by atoms with E-state index in [0.717, 1.165) is 13.2 Å². The molecule has 1 N–H and O–H groups in total. The Morgan fingerprint density at radius 1 is 1.40 bits per heavy atom. The monoisotopic (exact) mass is 205 g/mol. The Hall–Kier alpha value is -1.02. The predicted octanol–water partition coefficient (Wildman–Crippen LogP) is 2.98. The molecule has 0 bridgehead atoms. The van der Waals surface area contributed by atoms with E-state index >= 15 is 0 Å². The molecule has 0 radical (unpaired) electrons. The van der Waals surface area contributed by atoms with E-state index in [9.17, 15) is 0 Å². The number of rotatable bonds is 3. The van der Waals surface area contributed by atoms with E-state index in [1.807, 2.05) is 0 Å². The summed E-state index contributed by atoms with van der Waals surface area (Å²) in [7, 11) is 0. The van der Waals surface area contributed by atoms with Crippen LogP contribution in [0, 0.1) is 6.92 Å². The van der Waals surface area contributed by atoms with Gasteiger partial charge in [-0.1, -0.05) is 12.1 Å². The zero-order chi connectivity index (χ0) is 10.5. The molecule has 2 nitrogen and oxygen atoms in total. The van der Waals surface area contributed by atoms with Crippen LogP contribution in [-0.2, 0) is 4.74 Å². The second-order valence-corrected chi connectivity index (χ2v) is 4.24. The summed E-state index contributed by atoms with van der Waals surface area (Å²) in [5, 5.41) is 3.43. The lowest BCUT2D eigenvalue weighted by Gasteiger charge is -2.23. The third-order valence-corrected chi connectivity index (χ3v) is 2.83. The molecule has 1 heterocycles. The van der Waals surface area contributed by atoms with Gasteiger partial charge in [0.05, 0.1) is 6.10 Å². The minimum Gasteiger partial charge on any atom is -0.382 e. The van der Waals surface area contributed by atoms with Gasteiger partial charge in [0.1, 0.15) is 0 Å². The summed E-state index contributed by atoms with van der Waals surface area (Å²) >= 11 is 0. The highest BCUT2D eigenvalue weighted by Crippen LogP contribution is 2.14. The smallest absolute Gasteiger partial charge is 0.0747 e. The van der Waals surface area contributed by atoms with Crippen LogP contribution >= 0.6 is 0 Å². The summed E-state index contributed by atoms with van der Waals surface area (Å²) in [5.41, 5.74) is 2.49. The lowest BCUT2D eigenvalue weighted by atomic mass is 10.1. The molecule has 1 aromatic carbocycles. The maximum atomic E-state index is 5.67. The van der Waals surface area contributed by atoms with Crippen molar-refractivity contribution in [2.45, 2.75) is 32.3 Å². The van der Waals surface area contributed by atoms with Crippen molar-refractivity contribution in [2.75, 3.05) is 18.5 Å². The van der Waals surface area contributed by atoms with Crippen molar-refractivity contribution in [3.63, 3.8) is 0 Å². The van der Waals surface area contributed by atoms with Crippen molar-refractivity contribution in [3.05, 3.63) is 29.8 Å². The molecule has 0 aromatic heterocycles. The van der Waals surface area contributed by atoms with Crippen molar-refractivity contribution < 1.29 is 4.74 Å². The summed E-state index contributed by atoms with van der Waals surface area (Å²) < 4.78 is 5.67. The van der Waals surface area contributed by atoms with Gasteiger partial charge in [0.2, 0.25) is 0 Å². The molecule has 1 aliphatic heterocycles. The van der Waals surface area contributed by atoms with Gasteiger partial charge in [0, 0.05) is 18.8 Å². The van der Waals surface area contributed by atoms with Crippen LogP contribution in [0.2, 0.25) is 0 Å². The van der Waals surface area contributed by atoms with Crippen LogP contribution in [0.25, 0.3) is 0 Å². The predicted molar refractivity (Wildman–Crippen MR) is 63.3 cm³/mol. The van der Waals surface area contributed by atoms with E-state index < -0.39 is 0 Å². The van der Waals surface area contributed by atoms with E-state index in [-0.39, 0.29) is 0 Å². The molecule has 0 spiro atoms. The molecular weight excluding hydrogens is 186 g/mol. The first-order chi connectivity index (χ1) is 7.34. The number of nitrogens with one attached hydrogen (secondary N) is 1. The average molecular weight is 205 g/mol. The molecular formula is C13H19NO. The Morgan fingerprint density at radius 3 is 3.07 bits per heavy atom. The first-order valence-electron chi connectivity index (χ1n) is 5.77. The van der Waals surface area contributed by atoms with E-state index in [4.69, 9.17) is 4.74 Å². The number of hydrogen-bond acceptors (Lipinski definition) is 2. The van der Waals surface area contributed by atoms with E-state index in [2.05, 4.69) is 36.5 Å². The van der Waals surface area contributed by atoms with Crippen LogP contribution in [0.3, 0.4) is 0 Å². The topological polar surface area (TPSA) is 21.3 Å². The van der Waals surface area contributed by atoms with Crippen LogP contribution < -0.4 is 5.32 Å². The summed E-state index contributed by atoms with van der Waals surface area (Å²) in [4.78, 5) is 0. The Bertz CT molecular complexity index is 305. The van der Waals surface area contributed by atoms with Gasteiger partial charge >= 0.3 is 0 Å². The van der Waals surface area contributed by atoms with Crippen LogP contribution in [0.4, 0.5) is 5.69 Å². The van der Waals surface area contributed by atoms with Crippen molar-refractivity contribution in [1.29, 1.82) is 0 Å². The fraction of sp³-hybridized carbons (Fsp3) is 0.538. The number of hydrogen-bond donors (Lipinski definition) is 1. The van der Waals surface area contributed by atoms with Crippen LogP contribution in [0.1, 0.15) is 24.8 Å². The lowest BCUT2D eigenvalue weighted by Crippen LogP contribution is -2.26. The highest BCUT2D eigenvalue weighted by molar-refractivity contribution is 5.45. The zero-order valence-corrected chi connectivity index (χ0v) is 9.33. The second kappa shape index (κ2) is 5.17. The molecule has 0 aliphatic carbocycles. The second-order valence-electron chi connectivity index (χ2n) is 4.24. The molecule has 2 heteroatoms. The third kappa shape index (κ3) is 3.24. The number of anilines is 1. The van der Waals surface area contributed by atoms with Crippen molar-refractivity contribution in [2.24, 2.45) is 0 Å². The fourth-order valence-corrected chi connectivity index (χ4v) is 1.96. The molecule has 1 aliphatic rings. The molecule has 1 atom stereocenters. The summed E-state index contributed by atoms with van der Waals surface area (Å²) in [5.74, 6) is 0. The molecule has 1 unspecified atom stereocenters. The van der Waals surface area contributed by atoms with Crippen LogP contribution in [0.5, 0.6) is 0 Å². The Kier molecular flexibility index (Phi) is 3.62. The first kappa shape index (κ1) is 10.5. The van der Waals surface area contributed by atoms with Crippen molar-refractivity contribution in [3.8, 4) is 0 Å². The number of aryl methyl sites for hydroxylation is 1. The first-order valence-corrected chi connectivity index (χ1v) is 5.77. The highest BCUT2D eigenvalue weighted by Gasteiger charge is 2.12. The molecule has 1 aromatic rings. The molecule has 1 saturated heterocycles. The molecule has 1 fully saturated rings. The summed E-state index contributed by atoms with van der Waals surface area (Å²) in [6.07, 6.45) is 4.12. The average Bonchev–Trinajstić information content (AvgIpc) is 2.28. The Balaban J connectivity index is 1.81. The van der Waals surface area contributed by atoms with Gasteiger partial charge in [-0.25, -0.2) is 0 Å². The molecule has 2 rings (SSSR count). The number of ether oxygens (including phenoxy) is 1.